The van der Waals surface area contributed by atoms with Crippen LogP contribution in [-0.2, 0) is 6.61 Å². The lowest BCUT2D eigenvalue weighted by molar-refractivity contribution is 0.102. The third kappa shape index (κ3) is 4.76. The number of hydrogen-bond acceptors (Lipinski definition) is 5. The van der Waals surface area contributed by atoms with Crippen molar-refractivity contribution < 1.29 is 18.7 Å². The van der Waals surface area contributed by atoms with Crippen molar-refractivity contribution in [1.29, 1.82) is 0 Å². The van der Waals surface area contributed by atoms with Crippen LogP contribution >= 0.6 is 0 Å². The van der Waals surface area contributed by atoms with Crippen molar-refractivity contribution in [3.05, 3.63) is 108 Å². The van der Waals surface area contributed by atoms with Gasteiger partial charge in [-0.15, -0.1) is 0 Å². The summed E-state index contributed by atoms with van der Waals surface area (Å²) in [6, 6.07) is 29.9. The molecule has 6 heteroatoms. The Morgan fingerprint density at radius 2 is 1.62 bits per heavy atom. The highest BCUT2D eigenvalue weighted by atomic mass is 16.5. The highest BCUT2D eigenvalue weighted by Crippen LogP contribution is 2.27. The van der Waals surface area contributed by atoms with E-state index in [4.69, 9.17) is 13.9 Å². The number of hydrogen-bond donors (Lipinski definition) is 1. The van der Waals surface area contributed by atoms with Crippen LogP contribution in [0.2, 0.25) is 0 Å². The molecule has 4 aromatic carbocycles. The number of ether oxygens (including phenoxy) is 2. The van der Waals surface area contributed by atoms with E-state index in [1.807, 2.05) is 54.6 Å². The molecule has 1 aromatic heterocycles. The second-order valence-corrected chi connectivity index (χ2v) is 7.68. The van der Waals surface area contributed by atoms with Crippen LogP contribution in [0.5, 0.6) is 11.5 Å². The number of benzene rings is 4. The zero-order valence-electron chi connectivity index (χ0n) is 18.5. The first-order chi connectivity index (χ1) is 16.7. The smallest absolute Gasteiger partial charge is 0.255 e. The summed E-state index contributed by atoms with van der Waals surface area (Å²) < 4.78 is 16.8. The summed E-state index contributed by atoms with van der Waals surface area (Å²) in [4.78, 5) is 17.3. The number of carbonyl (C=O) groups is 1. The molecule has 1 N–H and O–H groups in total. The molecule has 0 saturated heterocycles. The zero-order valence-corrected chi connectivity index (χ0v) is 18.5. The first-order valence-electron chi connectivity index (χ1n) is 10.8. The minimum absolute atomic E-state index is 0.215. The van der Waals surface area contributed by atoms with E-state index < -0.39 is 0 Å². The summed E-state index contributed by atoms with van der Waals surface area (Å²) in [6.07, 6.45) is 0. The normalized spacial score (nSPS) is 10.7. The fourth-order valence-corrected chi connectivity index (χ4v) is 3.51. The Bertz CT molecular complexity index is 1410. The molecule has 5 aromatic rings. The molecule has 0 spiro atoms. The van der Waals surface area contributed by atoms with Gasteiger partial charge in [0, 0.05) is 16.8 Å². The summed E-state index contributed by atoms with van der Waals surface area (Å²) in [5.41, 5.74) is 4.40. The second-order valence-electron chi connectivity index (χ2n) is 7.68. The minimum atomic E-state index is -0.215. The maximum absolute atomic E-state index is 12.7. The van der Waals surface area contributed by atoms with Crippen LogP contribution < -0.4 is 14.8 Å². The fraction of sp³-hybridized carbons (Fsp3) is 0.0714. The maximum Gasteiger partial charge on any atom is 0.255 e. The predicted octanol–water partition coefficient (Wildman–Crippen LogP) is 6.33. The standard InChI is InChI=1S/C28H22N2O4/c1-32-23-12-9-21(10-13-23)28-30-25-17-22(11-16-26(25)34-28)29-27(31)20-7-14-24(15-8-20)33-18-19-5-3-2-4-6-19/h2-17H,18H2,1H3,(H,29,31). The van der Waals surface area contributed by atoms with Gasteiger partial charge in [0.1, 0.15) is 23.6 Å². The van der Waals surface area contributed by atoms with Gasteiger partial charge in [-0.3, -0.25) is 4.79 Å². The fourth-order valence-electron chi connectivity index (χ4n) is 3.51. The molecule has 0 aliphatic rings. The summed E-state index contributed by atoms with van der Waals surface area (Å²) in [7, 11) is 1.62. The quantitative estimate of drug-likeness (QED) is 0.313. The molecule has 34 heavy (non-hydrogen) atoms. The number of rotatable bonds is 7. The van der Waals surface area contributed by atoms with E-state index in [1.165, 1.54) is 0 Å². The monoisotopic (exact) mass is 450 g/mol. The van der Waals surface area contributed by atoms with Gasteiger partial charge in [0.05, 0.1) is 7.11 Å². The number of nitrogens with zero attached hydrogens (tertiary/aromatic N) is 1. The summed E-state index contributed by atoms with van der Waals surface area (Å²) in [5, 5.41) is 2.91. The molecule has 0 fully saturated rings. The van der Waals surface area contributed by atoms with Crippen molar-refractivity contribution in [3.8, 4) is 23.0 Å². The van der Waals surface area contributed by atoms with E-state index in [2.05, 4.69) is 10.3 Å². The Morgan fingerprint density at radius 1 is 0.882 bits per heavy atom. The molecule has 0 bridgehead atoms. The molecule has 1 heterocycles. The Balaban J connectivity index is 1.25. The van der Waals surface area contributed by atoms with Gasteiger partial charge in [-0.1, -0.05) is 30.3 Å². The average Bonchev–Trinajstić information content (AvgIpc) is 3.32. The van der Waals surface area contributed by atoms with Gasteiger partial charge in [-0.25, -0.2) is 4.98 Å². The SMILES string of the molecule is COc1ccc(-c2nc3cc(NC(=O)c4ccc(OCc5ccccc5)cc4)ccc3o2)cc1. The highest BCUT2D eigenvalue weighted by molar-refractivity contribution is 6.05. The van der Waals surface area contributed by atoms with Crippen molar-refractivity contribution >= 4 is 22.7 Å². The third-order valence-electron chi connectivity index (χ3n) is 5.35. The van der Waals surface area contributed by atoms with Crippen LogP contribution in [0.15, 0.2) is 101 Å². The molecule has 5 rings (SSSR count). The van der Waals surface area contributed by atoms with E-state index in [1.54, 1.807) is 49.6 Å². The molecule has 6 nitrogen and oxygen atoms in total. The number of methoxy groups -OCH3 is 1. The third-order valence-corrected chi connectivity index (χ3v) is 5.35. The number of oxazole rings is 1. The van der Waals surface area contributed by atoms with Gasteiger partial charge in [-0.2, -0.15) is 0 Å². The van der Waals surface area contributed by atoms with E-state index >= 15 is 0 Å². The topological polar surface area (TPSA) is 73.6 Å². The summed E-state index contributed by atoms with van der Waals surface area (Å²) in [6.45, 7) is 0.475. The van der Waals surface area contributed by atoms with Crippen LogP contribution in [-0.4, -0.2) is 18.0 Å². The van der Waals surface area contributed by atoms with Crippen molar-refractivity contribution in [1.82, 2.24) is 4.98 Å². The van der Waals surface area contributed by atoms with Gasteiger partial charge in [0.15, 0.2) is 5.58 Å². The molecular formula is C28H22N2O4. The Hall–Kier alpha value is -4.58. The van der Waals surface area contributed by atoms with Crippen molar-refractivity contribution in [3.63, 3.8) is 0 Å². The van der Waals surface area contributed by atoms with E-state index in [0.717, 1.165) is 16.9 Å². The lowest BCUT2D eigenvalue weighted by atomic mass is 10.2. The molecule has 168 valence electrons. The number of aromatic nitrogens is 1. The van der Waals surface area contributed by atoms with Gasteiger partial charge >= 0.3 is 0 Å². The largest absolute Gasteiger partial charge is 0.497 e. The Kier molecular flexibility index (Phi) is 5.95. The van der Waals surface area contributed by atoms with Gasteiger partial charge < -0.3 is 19.2 Å². The zero-order chi connectivity index (χ0) is 23.3. The molecule has 0 aliphatic heterocycles. The highest BCUT2D eigenvalue weighted by Gasteiger charge is 2.11. The number of amides is 1. The second kappa shape index (κ2) is 9.50. The number of anilines is 1. The van der Waals surface area contributed by atoms with Crippen LogP contribution in [0.1, 0.15) is 15.9 Å². The summed E-state index contributed by atoms with van der Waals surface area (Å²) in [5.74, 6) is 1.76. The molecule has 1 amide bonds. The van der Waals surface area contributed by atoms with E-state index in [0.29, 0.717) is 40.6 Å². The Labute approximate surface area is 196 Å². The predicted molar refractivity (Wildman–Crippen MR) is 131 cm³/mol. The van der Waals surface area contributed by atoms with Crippen LogP contribution in [0, 0.1) is 0 Å². The van der Waals surface area contributed by atoms with Crippen molar-refractivity contribution in [2.24, 2.45) is 0 Å². The molecule has 0 atom stereocenters. The Morgan fingerprint density at radius 3 is 2.35 bits per heavy atom. The van der Waals surface area contributed by atoms with Gasteiger partial charge in [0.2, 0.25) is 5.89 Å². The van der Waals surface area contributed by atoms with E-state index in [-0.39, 0.29) is 5.91 Å². The lowest BCUT2D eigenvalue weighted by Gasteiger charge is -2.08. The summed E-state index contributed by atoms with van der Waals surface area (Å²) >= 11 is 0. The molecule has 0 saturated carbocycles. The van der Waals surface area contributed by atoms with Crippen molar-refractivity contribution in [2.45, 2.75) is 6.61 Å². The average molecular weight is 450 g/mol. The van der Waals surface area contributed by atoms with Gasteiger partial charge in [0.25, 0.3) is 5.91 Å². The van der Waals surface area contributed by atoms with Crippen molar-refractivity contribution in [2.75, 3.05) is 12.4 Å². The van der Waals surface area contributed by atoms with Crippen LogP contribution in [0.3, 0.4) is 0 Å². The van der Waals surface area contributed by atoms with Gasteiger partial charge in [-0.05, 0) is 72.3 Å². The molecule has 0 unspecified atom stereocenters. The van der Waals surface area contributed by atoms with Crippen LogP contribution in [0.25, 0.3) is 22.6 Å². The molecule has 0 radical (unpaired) electrons. The maximum atomic E-state index is 12.7. The lowest BCUT2D eigenvalue weighted by Crippen LogP contribution is -2.11. The molecule has 0 aliphatic carbocycles. The number of carbonyl (C=O) groups excluding carboxylic acids is 1. The van der Waals surface area contributed by atoms with Crippen LogP contribution in [0.4, 0.5) is 5.69 Å². The number of nitrogens with one attached hydrogen (secondary N) is 1. The minimum Gasteiger partial charge on any atom is -0.497 e. The van der Waals surface area contributed by atoms with E-state index in [9.17, 15) is 4.79 Å². The molecular weight excluding hydrogens is 428 g/mol. The first kappa shape index (κ1) is 21.3. The first-order valence-corrected chi connectivity index (χ1v) is 10.8. The number of fused-ring (bicyclic) bond motifs is 1.